The number of hydrogen-bond donors (Lipinski definition) is 2. The minimum absolute atomic E-state index is 0.226. The van der Waals surface area contributed by atoms with Gasteiger partial charge < -0.3 is 14.8 Å². The molecule has 8 heteroatoms. The monoisotopic (exact) mass is 293 g/mol. The Kier molecular flexibility index (Phi) is 5.28. The maximum absolute atomic E-state index is 12.9. The van der Waals surface area contributed by atoms with E-state index in [1.165, 1.54) is 11.8 Å². The number of aromatic nitrogens is 2. The molecule has 0 aromatic carbocycles. The van der Waals surface area contributed by atoms with Crippen LogP contribution in [0.5, 0.6) is 0 Å². The summed E-state index contributed by atoms with van der Waals surface area (Å²) in [6, 6.07) is 0. The molecule has 0 aliphatic rings. The third-order valence-electron chi connectivity index (χ3n) is 1.90. The van der Waals surface area contributed by atoms with Gasteiger partial charge in [-0.3, -0.25) is 9.66 Å². The molecule has 18 heavy (non-hydrogen) atoms. The molecule has 0 radical (unpaired) electrons. The number of rotatable bonds is 6. The van der Waals surface area contributed by atoms with E-state index in [0.29, 0.717) is 10.3 Å². The Balaban J connectivity index is 3.24. The van der Waals surface area contributed by atoms with Gasteiger partial charge in [0.05, 0.1) is 12.2 Å². The van der Waals surface area contributed by atoms with Crippen molar-refractivity contribution < 1.29 is 13.6 Å². The summed E-state index contributed by atoms with van der Waals surface area (Å²) in [6.45, 7) is 7.19. The lowest BCUT2D eigenvalue weighted by atomic mass is 10.5. The third-order valence-corrected chi connectivity index (χ3v) is 5.13. The number of H-pyrrole nitrogens is 1. The van der Waals surface area contributed by atoms with Crippen LogP contribution in [-0.2, 0) is 13.6 Å². The predicted molar refractivity (Wildman–Crippen MR) is 74.5 cm³/mol. The molecule has 0 saturated carbocycles. The molecule has 0 unspecified atom stereocenters. The molecule has 1 aromatic rings. The highest BCUT2D eigenvalue weighted by Crippen LogP contribution is 2.52. The van der Waals surface area contributed by atoms with Crippen LogP contribution in [0.2, 0.25) is 0 Å². The van der Waals surface area contributed by atoms with E-state index in [4.69, 9.17) is 14.8 Å². The second-order valence-electron chi connectivity index (χ2n) is 4.30. The smallest absolute Gasteiger partial charge is 0.368 e. The van der Waals surface area contributed by atoms with Crippen LogP contribution in [0.25, 0.3) is 0 Å². The fourth-order valence-electron chi connectivity index (χ4n) is 1.42. The van der Waals surface area contributed by atoms with Crippen molar-refractivity contribution in [2.24, 2.45) is 0 Å². The van der Waals surface area contributed by atoms with Crippen molar-refractivity contribution in [2.45, 2.75) is 44.9 Å². The van der Waals surface area contributed by atoms with E-state index >= 15 is 0 Å². The van der Waals surface area contributed by atoms with Crippen molar-refractivity contribution in [3.05, 3.63) is 0 Å². The number of anilines is 1. The maximum atomic E-state index is 12.9. The van der Waals surface area contributed by atoms with Gasteiger partial charge in [0.1, 0.15) is 16.1 Å². The van der Waals surface area contributed by atoms with Gasteiger partial charge in [0.2, 0.25) is 0 Å². The lowest BCUT2D eigenvalue weighted by Gasteiger charge is -2.22. The molecule has 1 rings (SSSR count). The predicted octanol–water partition coefficient (Wildman–Crippen LogP) is 2.38. The van der Waals surface area contributed by atoms with Crippen molar-refractivity contribution >= 4 is 30.5 Å². The number of nitrogen functional groups attached to an aromatic ring is 1. The van der Waals surface area contributed by atoms with Crippen molar-refractivity contribution in [1.29, 1.82) is 0 Å². The van der Waals surface area contributed by atoms with Gasteiger partial charge in [-0.15, -0.1) is 11.8 Å². The fourth-order valence-corrected chi connectivity index (χ4v) is 4.47. The van der Waals surface area contributed by atoms with Gasteiger partial charge >= 0.3 is 7.60 Å². The molecule has 0 aliphatic heterocycles. The SMILES string of the molecule is CSc1n[nH]c(N)c1P(=O)(OC(C)C)OC(C)C. The molecule has 0 fully saturated rings. The van der Waals surface area contributed by atoms with Crippen LogP contribution in [0, 0.1) is 0 Å². The van der Waals surface area contributed by atoms with Crippen molar-refractivity contribution in [3.63, 3.8) is 0 Å². The Morgan fingerprint density at radius 2 is 1.78 bits per heavy atom. The molecule has 3 N–H and O–H groups in total. The van der Waals surface area contributed by atoms with E-state index in [1.54, 1.807) is 27.7 Å². The van der Waals surface area contributed by atoms with Crippen LogP contribution in [0.15, 0.2) is 5.03 Å². The first-order chi connectivity index (χ1) is 8.30. The highest BCUT2D eigenvalue weighted by Gasteiger charge is 2.37. The first-order valence-electron chi connectivity index (χ1n) is 5.65. The van der Waals surface area contributed by atoms with Crippen LogP contribution in [0.1, 0.15) is 27.7 Å². The second kappa shape index (κ2) is 6.10. The van der Waals surface area contributed by atoms with Gasteiger partial charge in [0.25, 0.3) is 0 Å². The normalized spacial score (nSPS) is 12.6. The summed E-state index contributed by atoms with van der Waals surface area (Å²) in [5.74, 6) is 0.226. The summed E-state index contributed by atoms with van der Waals surface area (Å²) < 4.78 is 23.9. The number of hydrogen-bond acceptors (Lipinski definition) is 6. The standard InChI is InChI=1S/C10H20N3O3PS/c1-6(2)15-17(14,16-7(3)4)8-9(11)12-13-10(8)18-5/h6-7H,1-5H3,(H3,11,12,13). The summed E-state index contributed by atoms with van der Waals surface area (Å²) in [6.07, 6.45) is 1.35. The highest BCUT2D eigenvalue weighted by atomic mass is 32.2. The minimum atomic E-state index is -3.47. The van der Waals surface area contributed by atoms with Crippen LogP contribution >= 0.6 is 19.4 Å². The Bertz CT molecular complexity index is 434. The summed E-state index contributed by atoms with van der Waals surface area (Å²) in [5, 5.41) is 7.48. The minimum Gasteiger partial charge on any atom is -0.383 e. The Morgan fingerprint density at radius 3 is 2.17 bits per heavy atom. The van der Waals surface area contributed by atoms with E-state index in [0.717, 1.165) is 0 Å². The number of thioether (sulfide) groups is 1. The van der Waals surface area contributed by atoms with Crippen molar-refractivity contribution in [1.82, 2.24) is 10.2 Å². The maximum Gasteiger partial charge on any atom is 0.368 e. The molecule has 0 atom stereocenters. The average Bonchev–Trinajstić information content (AvgIpc) is 2.57. The van der Waals surface area contributed by atoms with Gasteiger partial charge in [-0.1, -0.05) is 0 Å². The molecule has 1 heterocycles. The van der Waals surface area contributed by atoms with Gasteiger partial charge in [0, 0.05) is 0 Å². The molecular formula is C10H20N3O3PS. The molecule has 0 amide bonds. The van der Waals surface area contributed by atoms with E-state index in [1.807, 2.05) is 6.26 Å². The van der Waals surface area contributed by atoms with Crippen molar-refractivity contribution in [2.75, 3.05) is 12.0 Å². The van der Waals surface area contributed by atoms with E-state index < -0.39 is 7.60 Å². The lowest BCUT2D eigenvalue weighted by molar-refractivity contribution is 0.150. The Hall–Kier alpha value is -0.490. The molecule has 0 bridgehead atoms. The number of nitrogens with two attached hydrogens (primary N) is 1. The Labute approximate surface area is 112 Å². The van der Waals surface area contributed by atoms with E-state index in [2.05, 4.69) is 10.2 Å². The molecule has 6 nitrogen and oxygen atoms in total. The van der Waals surface area contributed by atoms with E-state index in [-0.39, 0.29) is 18.0 Å². The average molecular weight is 293 g/mol. The first-order valence-corrected chi connectivity index (χ1v) is 8.42. The van der Waals surface area contributed by atoms with Gasteiger partial charge in [0.15, 0.2) is 0 Å². The largest absolute Gasteiger partial charge is 0.383 e. The van der Waals surface area contributed by atoms with Crippen molar-refractivity contribution in [3.8, 4) is 0 Å². The van der Waals surface area contributed by atoms with Crippen LogP contribution < -0.4 is 11.0 Å². The van der Waals surface area contributed by atoms with Gasteiger partial charge in [-0.25, -0.2) is 0 Å². The zero-order valence-corrected chi connectivity index (χ0v) is 13.0. The summed E-state index contributed by atoms with van der Waals surface area (Å²) in [5.41, 5.74) is 5.79. The number of aromatic amines is 1. The van der Waals surface area contributed by atoms with Crippen LogP contribution in [0.3, 0.4) is 0 Å². The highest BCUT2D eigenvalue weighted by molar-refractivity contribution is 7.99. The summed E-state index contributed by atoms with van der Waals surface area (Å²) in [7, 11) is -3.47. The Morgan fingerprint density at radius 1 is 1.28 bits per heavy atom. The molecule has 0 saturated heterocycles. The molecule has 0 aliphatic carbocycles. The first kappa shape index (κ1) is 15.6. The lowest BCUT2D eigenvalue weighted by Crippen LogP contribution is -2.19. The zero-order valence-electron chi connectivity index (χ0n) is 11.3. The third kappa shape index (κ3) is 3.51. The van der Waals surface area contributed by atoms with Gasteiger partial charge in [-0.2, -0.15) is 5.10 Å². The quantitative estimate of drug-likeness (QED) is 0.618. The van der Waals surface area contributed by atoms with Crippen LogP contribution in [0.4, 0.5) is 5.82 Å². The molecule has 104 valence electrons. The molecule has 0 spiro atoms. The summed E-state index contributed by atoms with van der Waals surface area (Å²) >= 11 is 1.34. The van der Waals surface area contributed by atoms with Crippen LogP contribution in [-0.4, -0.2) is 28.7 Å². The zero-order chi connectivity index (χ0) is 13.9. The van der Waals surface area contributed by atoms with Gasteiger partial charge in [-0.05, 0) is 34.0 Å². The fraction of sp³-hybridized carbons (Fsp3) is 0.700. The van der Waals surface area contributed by atoms with E-state index in [9.17, 15) is 4.57 Å². The summed E-state index contributed by atoms with van der Waals surface area (Å²) in [4.78, 5) is 0. The topological polar surface area (TPSA) is 90.2 Å². The number of nitrogens with zero attached hydrogens (tertiary/aromatic N) is 1. The molecule has 1 aromatic heterocycles. The number of nitrogens with one attached hydrogen (secondary N) is 1. The second-order valence-corrected chi connectivity index (χ2v) is 6.96. The molecular weight excluding hydrogens is 273 g/mol.